The average Bonchev–Trinajstić information content (AvgIpc) is 2.94. The number of likely N-dealkylation sites (tertiary alicyclic amines) is 1. The number of nitrogens with zero attached hydrogens (tertiary/aromatic N) is 1. The first-order valence-electron chi connectivity index (χ1n) is 7.95. The molecule has 0 spiro atoms. The smallest absolute Gasteiger partial charge is 0.0205 e. The lowest BCUT2D eigenvalue weighted by Gasteiger charge is -2.37. The zero-order chi connectivity index (χ0) is 14.4. The number of piperidine rings is 1. The molecular weight excluding hydrogens is 244 g/mol. The SMILES string of the molecule is C[C@@H]1C[C@@]2(CNCc3ccccc3)C[C@H]2N1C(C)(C)C. The molecule has 0 unspecified atom stereocenters. The number of rotatable bonds is 4. The number of fused-ring (bicyclic) bond motifs is 1. The van der Waals surface area contributed by atoms with Crippen LogP contribution in [0.25, 0.3) is 0 Å². The van der Waals surface area contributed by atoms with Crippen LogP contribution in [0.15, 0.2) is 30.3 Å². The van der Waals surface area contributed by atoms with E-state index in [1.54, 1.807) is 0 Å². The van der Waals surface area contributed by atoms with E-state index in [4.69, 9.17) is 0 Å². The molecule has 110 valence electrons. The third-order valence-electron chi connectivity index (χ3n) is 5.08. The Balaban J connectivity index is 1.56. The molecule has 2 nitrogen and oxygen atoms in total. The maximum atomic E-state index is 3.69. The minimum atomic E-state index is 0.307. The molecule has 1 N–H and O–H groups in total. The predicted octanol–water partition coefficient (Wildman–Crippen LogP) is 3.43. The highest BCUT2D eigenvalue weighted by Gasteiger charge is 2.64. The second kappa shape index (κ2) is 4.85. The molecular formula is C18H28N2. The molecule has 2 fully saturated rings. The van der Waals surface area contributed by atoms with Gasteiger partial charge in [0.1, 0.15) is 0 Å². The predicted molar refractivity (Wildman–Crippen MR) is 84.7 cm³/mol. The average molecular weight is 272 g/mol. The standard InChI is InChI=1S/C18H28N2/c1-14-10-18(11-16(18)20(14)17(2,3)4)13-19-12-15-8-6-5-7-9-15/h5-9,14,16,19H,10-13H2,1-4H3/t14-,16-,18+/m1/s1. The summed E-state index contributed by atoms with van der Waals surface area (Å²) in [5, 5.41) is 3.69. The highest BCUT2D eigenvalue weighted by atomic mass is 15.3. The highest BCUT2D eigenvalue weighted by Crippen LogP contribution is 2.60. The summed E-state index contributed by atoms with van der Waals surface area (Å²) in [5.41, 5.74) is 2.25. The minimum absolute atomic E-state index is 0.307. The molecule has 3 atom stereocenters. The van der Waals surface area contributed by atoms with Gasteiger partial charge in [0.15, 0.2) is 0 Å². The summed E-state index contributed by atoms with van der Waals surface area (Å²) >= 11 is 0. The van der Waals surface area contributed by atoms with Crippen molar-refractivity contribution < 1.29 is 0 Å². The Bertz CT molecular complexity index is 462. The monoisotopic (exact) mass is 272 g/mol. The Hall–Kier alpha value is -0.860. The van der Waals surface area contributed by atoms with E-state index in [-0.39, 0.29) is 0 Å². The molecule has 0 aromatic heterocycles. The summed E-state index contributed by atoms with van der Waals surface area (Å²) in [6, 6.07) is 12.3. The van der Waals surface area contributed by atoms with Gasteiger partial charge >= 0.3 is 0 Å². The van der Waals surface area contributed by atoms with Crippen LogP contribution in [-0.2, 0) is 6.54 Å². The van der Waals surface area contributed by atoms with Crippen molar-refractivity contribution in [3.05, 3.63) is 35.9 Å². The normalized spacial score (nSPS) is 33.2. The third kappa shape index (κ3) is 2.51. The number of hydrogen-bond acceptors (Lipinski definition) is 2. The Morgan fingerprint density at radius 1 is 1.20 bits per heavy atom. The molecule has 20 heavy (non-hydrogen) atoms. The third-order valence-corrected chi connectivity index (χ3v) is 5.08. The highest BCUT2D eigenvalue weighted by molar-refractivity contribution is 5.20. The van der Waals surface area contributed by atoms with E-state index in [1.807, 2.05) is 0 Å². The molecule has 1 aromatic carbocycles. The van der Waals surface area contributed by atoms with Crippen LogP contribution in [-0.4, -0.2) is 29.1 Å². The summed E-state index contributed by atoms with van der Waals surface area (Å²) in [6.07, 6.45) is 2.74. The fourth-order valence-corrected chi connectivity index (χ4v) is 4.38. The van der Waals surface area contributed by atoms with Gasteiger partial charge in [-0.1, -0.05) is 30.3 Å². The lowest BCUT2D eigenvalue weighted by atomic mass is 9.99. The molecule has 0 bridgehead atoms. The van der Waals surface area contributed by atoms with Crippen LogP contribution in [0, 0.1) is 5.41 Å². The zero-order valence-electron chi connectivity index (χ0n) is 13.3. The van der Waals surface area contributed by atoms with E-state index >= 15 is 0 Å². The van der Waals surface area contributed by atoms with Gasteiger partial charge in [0.2, 0.25) is 0 Å². The van der Waals surface area contributed by atoms with Crippen LogP contribution in [0.3, 0.4) is 0 Å². The Morgan fingerprint density at radius 2 is 1.90 bits per heavy atom. The zero-order valence-corrected chi connectivity index (χ0v) is 13.3. The fourth-order valence-electron chi connectivity index (χ4n) is 4.38. The quantitative estimate of drug-likeness (QED) is 0.903. The first-order chi connectivity index (χ1) is 9.42. The summed E-state index contributed by atoms with van der Waals surface area (Å²) in [7, 11) is 0. The van der Waals surface area contributed by atoms with Crippen LogP contribution >= 0.6 is 0 Å². The lowest BCUT2D eigenvalue weighted by Crippen LogP contribution is -2.45. The van der Waals surface area contributed by atoms with Crippen LogP contribution in [0.2, 0.25) is 0 Å². The summed E-state index contributed by atoms with van der Waals surface area (Å²) < 4.78 is 0. The van der Waals surface area contributed by atoms with Gasteiger partial charge in [-0.3, -0.25) is 4.90 Å². The van der Waals surface area contributed by atoms with Crippen molar-refractivity contribution in [2.75, 3.05) is 6.54 Å². The van der Waals surface area contributed by atoms with E-state index in [0.717, 1.165) is 18.6 Å². The van der Waals surface area contributed by atoms with Gasteiger partial charge in [-0.05, 0) is 46.1 Å². The summed E-state index contributed by atoms with van der Waals surface area (Å²) in [5.74, 6) is 0. The molecule has 1 saturated heterocycles. The molecule has 0 radical (unpaired) electrons. The van der Waals surface area contributed by atoms with Gasteiger partial charge in [-0.25, -0.2) is 0 Å². The van der Waals surface area contributed by atoms with Crippen molar-refractivity contribution in [1.82, 2.24) is 10.2 Å². The van der Waals surface area contributed by atoms with Gasteiger partial charge in [-0.2, -0.15) is 0 Å². The molecule has 1 aromatic rings. The molecule has 2 heteroatoms. The number of hydrogen-bond donors (Lipinski definition) is 1. The van der Waals surface area contributed by atoms with E-state index in [9.17, 15) is 0 Å². The largest absolute Gasteiger partial charge is 0.312 e. The molecule has 1 aliphatic heterocycles. The fraction of sp³-hybridized carbons (Fsp3) is 0.667. The molecule has 1 aliphatic carbocycles. The van der Waals surface area contributed by atoms with Crippen molar-refractivity contribution in [2.24, 2.45) is 5.41 Å². The van der Waals surface area contributed by atoms with Crippen LogP contribution < -0.4 is 5.32 Å². The number of nitrogens with one attached hydrogen (secondary N) is 1. The Morgan fingerprint density at radius 3 is 2.50 bits per heavy atom. The van der Waals surface area contributed by atoms with Crippen molar-refractivity contribution in [3.8, 4) is 0 Å². The van der Waals surface area contributed by atoms with Crippen LogP contribution in [0.5, 0.6) is 0 Å². The van der Waals surface area contributed by atoms with Gasteiger partial charge in [0.05, 0.1) is 0 Å². The molecule has 0 amide bonds. The van der Waals surface area contributed by atoms with Crippen molar-refractivity contribution in [2.45, 2.75) is 64.7 Å². The van der Waals surface area contributed by atoms with Crippen molar-refractivity contribution >= 4 is 0 Å². The Labute approximate surface area is 123 Å². The van der Waals surface area contributed by atoms with E-state index in [1.165, 1.54) is 24.9 Å². The molecule has 1 saturated carbocycles. The van der Waals surface area contributed by atoms with Crippen molar-refractivity contribution in [3.63, 3.8) is 0 Å². The van der Waals surface area contributed by atoms with Gasteiger partial charge in [0, 0.05) is 36.1 Å². The van der Waals surface area contributed by atoms with Gasteiger partial charge in [0.25, 0.3) is 0 Å². The number of benzene rings is 1. The maximum Gasteiger partial charge on any atom is 0.0205 e. The van der Waals surface area contributed by atoms with Crippen molar-refractivity contribution in [1.29, 1.82) is 0 Å². The summed E-state index contributed by atoms with van der Waals surface area (Å²) in [6.45, 7) is 11.6. The van der Waals surface area contributed by atoms with Crippen LogP contribution in [0.1, 0.15) is 46.1 Å². The first kappa shape index (κ1) is 14.1. The molecule has 2 aliphatic rings. The van der Waals surface area contributed by atoms with E-state index in [2.05, 4.69) is 68.2 Å². The van der Waals surface area contributed by atoms with Crippen LogP contribution in [0.4, 0.5) is 0 Å². The lowest BCUT2D eigenvalue weighted by molar-refractivity contribution is 0.104. The second-order valence-corrected chi connectivity index (χ2v) is 7.80. The van der Waals surface area contributed by atoms with E-state index < -0.39 is 0 Å². The molecule has 3 rings (SSSR count). The first-order valence-corrected chi connectivity index (χ1v) is 7.95. The Kier molecular flexibility index (Phi) is 3.42. The van der Waals surface area contributed by atoms with E-state index in [0.29, 0.717) is 11.0 Å². The molecule has 1 heterocycles. The maximum absolute atomic E-state index is 3.69. The summed E-state index contributed by atoms with van der Waals surface area (Å²) in [4.78, 5) is 2.75. The second-order valence-electron chi connectivity index (χ2n) is 7.80. The minimum Gasteiger partial charge on any atom is -0.312 e. The van der Waals surface area contributed by atoms with Gasteiger partial charge in [-0.15, -0.1) is 0 Å². The topological polar surface area (TPSA) is 15.3 Å². The van der Waals surface area contributed by atoms with Gasteiger partial charge < -0.3 is 5.32 Å².